The summed E-state index contributed by atoms with van der Waals surface area (Å²) in [6.45, 7) is 7.80. The topological polar surface area (TPSA) is 38.7 Å². The first-order valence-corrected chi connectivity index (χ1v) is 5.68. The molecule has 0 heterocycles. The maximum absolute atomic E-state index is 10.7. The molecule has 0 saturated carbocycles. The zero-order valence-corrected chi connectivity index (χ0v) is 11.5. The van der Waals surface area contributed by atoms with E-state index >= 15 is 0 Å². The molecule has 0 aliphatic heterocycles. The van der Waals surface area contributed by atoms with Crippen molar-refractivity contribution in [1.29, 1.82) is 0 Å². The lowest BCUT2D eigenvalue weighted by Gasteiger charge is -2.37. The van der Waals surface area contributed by atoms with Crippen LogP contribution in [-0.4, -0.2) is 19.3 Å². The molecule has 0 aliphatic rings. The Labute approximate surface area is 103 Å². The first-order valence-electron chi connectivity index (χ1n) is 5.68. The van der Waals surface area contributed by atoms with Gasteiger partial charge in [-0.15, -0.1) is 0 Å². The molecular weight excluding hydrogens is 216 g/mol. The van der Waals surface area contributed by atoms with Gasteiger partial charge in [-0.05, 0) is 30.0 Å². The summed E-state index contributed by atoms with van der Waals surface area (Å²) in [5.41, 5.74) is -0.430. The normalized spacial score (nSPS) is 15.2. The summed E-state index contributed by atoms with van der Waals surface area (Å²) in [5.74, 6) is 1.37. The first kappa shape index (κ1) is 13.8. The molecule has 96 valence electrons. The minimum atomic E-state index is -0.950. The molecule has 0 bridgehead atoms. The Bertz CT molecular complexity index is 367. The molecule has 1 unspecified atom stereocenters. The van der Waals surface area contributed by atoms with Gasteiger partial charge < -0.3 is 14.6 Å². The second-order valence-electron chi connectivity index (χ2n) is 5.42. The van der Waals surface area contributed by atoms with Crippen LogP contribution in [0.1, 0.15) is 33.3 Å². The van der Waals surface area contributed by atoms with Crippen molar-refractivity contribution in [1.82, 2.24) is 0 Å². The lowest BCUT2D eigenvalue weighted by Crippen LogP contribution is -2.36. The van der Waals surface area contributed by atoms with Crippen LogP contribution in [0.2, 0.25) is 0 Å². The Morgan fingerprint density at radius 1 is 0.882 bits per heavy atom. The van der Waals surface area contributed by atoms with Gasteiger partial charge in [-0.2, -0.15) is 0 Å². The lowest BCUT2D eigenvalue weighted by molar-refractivity contribution is -0.0472. The van der Waals surface area contributed by atoms with E-state index in [9.17, 15) is 5.11 Å². The molecular formula is C14H22O3. The van der Waals surface area contributed by atoms with E-state index in [1.807, 2.05) is 32.9 Å². The quantitative estimate of drug-likeness (QED) is 0.880. The highest BCUT2D eigenvalue weighted by Crippen LogP contribution is 2.41. The van der Waals surface area contributed by atoms with Crippen LogP contribution in [-0.2, 0) is 5.60 Å². The number of methoxy groups -OCH3 is 2. The number of benzene rings is 1. The average molecular weight is 238 g/mol. The Hall–Kier alpha value is -1.22. The number of hydrogen-bond donors (Lipinski definition) is 1. The van der Waals surface area contributed by atoms with E-state index in [-0.39, 0.29) is 5.41 Å². The predicted octanol–water partition coefficient (Wildman–Crippen LogP) is 2.96. The SMILES string of the molecule is COc1cc(OC)cc(C(C)(O)C(C)(C)C)c1. The van der Waals surface area contributed by atoms with E-state index in [1.54, 1.807) is 27.2 Å². The Balaban J connectivity index is 3.30. The lowest BCUT2D eigenvalue weighted by atomic mass is 9.73. The van der Waals surface area contributed by atoms with Gasteiger partial charge >= 0.3 is 0 Å². The van der Waals surface area contributed by atoms with Crippen LogP contribution < -0.4 is 9.47 Å². The van der Waals surface area contributed by atoms with E-state index in [2.05, 4.69) is 0 Å². The van der Waals surface area contributed by atoms with Crippen LogP contribution in [0.25, 0.3) is 0 Å². The Kier molecular flexibility index (Phi) is 3.72. The van der Waals surface area contributed by atoms with Gasteiger partial charge in [0.05, 0.1) is 19.8 Å². The second-order valence-corrected chi connectivity index (χ2v) is 5.42. The van der Waals surface area contributed by atoms with Crippen molar-refractivity contribution < 1.29 is 14.6 Å². The number of aliphatic hydroxyl groups is 1. The largest absolute Gasteiger partial charge is 0.497 e. The van der Waals surface area contributed by atoms with E-state index in [0.29, 0.717) is 11.5 Å². The standard InChI is InChI=1S/C14H22O3/c1-13(2,3)14(4,15)10-7-11(16-5)9-12(8-10)17-6/h7-9,15H,1-6H3. The highest BCUT2D eigenvalue weighted by atomic mass is 16.5. The molecule has 0 fully saturated rings. The fourth-order valence-electron chi connectivity index (χ4n) is 1.52. The molecule has 0 amide bonds. The van der Waals surface area contributed by atoms with Crippen LogP contribution in [0.3, 0.4) is 0 Å². The summed E-state index contributed by atoms with van der Waals surface area (Å²) in [4.78, 5) is 0. The third kappa shape index (κ3) is 2.72. The maximum atomic E-state index is 10.7. The molecule has 0 aliphatic carbocycles. The van der Waals surface area contributed by atoms with Gasteiger partial charge in [-0.3, -0.25) is 0 Å². The Morgan fingerprint density at radius 3 is 1.59 bits per heavy atom. The van der Waals surface area contributed by atoms with Gasteiger partial charge in [0.1, 0.15) is 11.5 Å². The highest BCUT2D eigenvalue weighted by Gasteiger charge is 2.37. The van der Waals surface area contributed by atoms with E-state index in [1.165, 1.54) is 0 Å². The molecule has 1 aromatic carbocycles. The fraction of sp³-hybridized carbons (Fsp3) is 0.571. The first-order chi connectivity index (χ1) is 7.72. The predicted molar refractivity (Wildman–Crippen MR) is 68.6 cm³/mol. The van der Waals surface area contributed by atoms with Crippen molar-refractivity contribution in [3.05, 3.63) is 23.8 Å². The van der Waals surface area contributed by atoms with Crippen molar-refractivity contribution in [3.63, 3.8) is 0 Å². The third-order valence-corrected chi connectivity index (χ3v) is 3.37. The summed E-state index contributed by atoms with van der Waals surface area (Å²) < 4.78 is 10.4. The highest BCUT2D eigenvalue weighted by molar-refractivity contribution is 5.41. The van der Waals surface area contributed by atoms with Crippen LogP contribution in [0, 0.1) is 5.41 Å². The van der Waals surface area contributed by atoms with Crippen molar-refractivity contribution in [2.45, 2.75) is 33.3 Å². The maximum Gasteiger partial charge on any atom is 0.122 e. The summed E-state index contributed by atoms with van der Waals surface area (Å²) in [6.07, 6.45) is 0. The van der Waals surface area contributed by atoms with Gasteiger partial charge in [-0.1, -0.05) is 20.8 Å². The minimum Gasteiger partial charge on any atom is -0.497 e. The van der Waals surface area contributed by atoms with Crippen LogP contribution in [0.15, 0.2) is 18.2 Å². The van der Waals surface area contributed by atoms with Crippen molar-refractivity contribution in [2.75, 3.05) is 14.2 Å². The smallest absolute Gasteiger partial charge is 0.122 e. The molecule has 0 aromatic heterocycles. The molecule has 3 heteroatoms. The van der Waals surface area contributed by atoms with E-state index in [0.717, 1.165) is 5.56 Å². The summed E-state index contributed by atoms with van der Waals surface area (Å²) in [6, 6.07) is 5.48. The molecule has 0 radical (unpaired) electrons. The Morgan fingerprint density at radius 2 is 1.29 bits per heavy atom. The molecule has 1 rings (SSSR count). The van der Waals surface area contributed by atoms with Gasteiger partial charge in [0.2, 0.25) is 0 Å². The average Bonchev–Trinajstić information content (AvgIpc) is 2.26. The van der Waals surface area contributed by atoms with Crippen molar-refractivity contribution >= 4 is 0 Å². The van der Waals surface area contributed by atoms with Crippen molar-refractivity contribution in [3.8, 4) is 11.5 Å². The molecule has 1 aromatic rings. The molecule has 17 heavy (non-hydrogen) atoms. The van der Waals surface area contributed by atoms with Gasteiger partial charge in [0.25, 0.3) is 0 Å². The van der Waals surface area contributed by atoms with Crippen molar-refractivity contribution in [2.24, 2.45) is 5.41 Å². The van der Waals surface area contributed by atoms with Crippen LogP contribution in [0.5, 0.6) is 11.5 Å². The monoisotopic (exact) mass is 238 g/mol. The molecule has 1 N–H and O–H groups in total. The summed E-state index contributed by atoms with van der Waals surface area (Å²) in [5, 5.41) is 10.7. The van der Waals surface area contributed by atoms with Crippen LogP contribution in [0.4, 0.5) is 0 Å². The summed E-state index contributed by atoms with van der Waals surface area (Å²) >= 11 is 0. The van der Waals surface area contributed by atoms with Gasteiger partial charge in [0.15, 0.2) is 0 Å². The zero-order valence-electron chi connectivity index (χ0n) is 11.5. The minimum absolute atomic E-state index is 0.273. The molecule has 0 saturated heterocycles. The fourth-order valence-corrected chi connectivity index (χ4v) is 1.52. The summed E-state index contributed by atoms with van der Waals surface area (Å²) in [7, 11) is 3.20. The molecule has 0 spiro atoms. The number of rotatable bonds is 3. The van der Waals surface area contributed by atoms with E-state index in [4.69, 9.17) is 9.47 Å². The zero-order chi connectivity index (χ0) is 13.3. The number of hydrogen-bond acceptors (Lipinski definition) is 3. The molecule has 3 nitrogen and oxygen atoms in total. The third-order valence-electron chi connectivity index (χ3n) is 3.37. The van der Waals surface area contributed by atoms with Gasteiger partial charge in [0, 0.05) is 6.07 Å². The second kappa shape index (κ2) is 4.57. The molecule has 1 atom stereocenters. The van der Waals surface area contributed by atoms with E-state index < -0.39 is 5.60 Å². The number of ether oxygens (including phenoxy) is 2. The van der Waals surface area contributed by atoms with Crippen LogP contribution >= 0.6 is 0 Å². The van der Waals surface area contributed by atoms with Gasteiger partial charge in [-0.25, -0.2) is 0 Å².